The van der Waals surface area contributed by atoms with Crippen LogP contribution in [0.4, 0.5) is 0 Å². The van der Waals surface area contributed by atoms with Crippen LogP contribution in [-0.2, 0) is 4.79 Å². The molecule has 1 aliphatic rings. The number of benzene rings is 1. The van der Waals surface area contributed by atoms with Gasteiger partial charge in [0.05, 0.1) is 0 Å². The van der Waals surface area contributed by atoms with E-state index >= 15 is 0 Å². The first kappa shape index (κ1) is 12.4. The van der Waals surface area contributed by atoms with Gasteiger partial charge in [0.1, 0.15) is 0 Å². The van der Waals surface area contributed by atoms with Crippen molar-refractivity contribution in [2.24, 2.45) is 0 Å². The lowest BCUT2D eigenvalue weighted by atomic mass is 10.2. The molecule has 1 heterocycles. The SMILES string of the molecule is C=CC(=O)N1CC[C@H](NC(=O)c2ccccc2)C1.[HH]. The van der Waals surface area contributed by atoms with Crippen LogP contribution >= 0.6 is 0 Å². The number of carbonyl (C=O) groups is 2. The minimum atomic E-state index is -0.0893. The Morgan fingerprint density at radius 1 is 1.39 bits per heavy atom. The number of hydrogen-bond donors (Lipinski definition) is 1. The second-order valence-electron chi connectivity index (χ2n) is 4.31. The summed E-state index contributed by atoms with van der Waals surface area (Å²) in [6, 6.07) is 9.11. The minimum Gasteiger partial charge on any atom is -0.347 e. The summed E-state index contributed by atoms with van der Waals surface area (Å²) in [5, 5.41) is 2.94. The van der Waals surface area contributed by atoms with Gasteiger partial charge in [-0.1, -0.05) is 24.8 Å². The standard InChI is InChI=1S/C14H16N2O2.H2/c1-2-13(17)16-9-8-12(10-16)15-14(18)11-6-4-3-5-7-11;/h2-7,12H,1,8-10H2,(H,15,18);1H/t12-;/m0./s1. The van der Waals surface area contributed by atoms with Gasteiger partial charge in [-0.2, -0.15) is 0 Å². The van der Waals surface area contributed by atoms with Crippen molar-refractivity contribution < 1.29 is 11.0 Å². The van der Waals surface area contributed by atoms with E-state index in [1.54, 1.807) is 17.0 Å². The molecule has 18 heavy (non-hydrogen) atoms. The van der Waals surface area contributed by atoms with Gasteiger partial charge in [-0.05, 0) is 24.6 Å². The molecule has 1 aromatic carbocycles. The van der Waals surface area contributed by atoms with Crippen LogP contribution in [0.2, 0.25) is 0 Å². The number of likely N-dealkylation sites (tertiary alicyclic amines) is 1. The molecule has 2 amide bonds. The Labute approximate surface area is 108 Å². The number of hydrogen-bond acceptors (Lipinski definition) is 2. The summed E-state index contributed by atoms with van der Waals surface area (Å²) >= 11 is 0. The molecular formula is C14H18N2O2. The molecule has 0 aromatic heterocycles. The summed E-state index contributed by atoms with van der Waals surface area (Å²) in [6.45, 7) is 4.69. The molecule has 2 rings (SSSR count). The Morgan fingerprint density at radius 2 is 2.11 bits per heavy atom. The van der Waals surface area contributed by atoms with E-state index in [1.165, 1.54) is 6.08 Å². The van der Waals surface area contributed by atoms with E-state index in [1.807, 2.05) is 18.2 Å². The number of nitrogens with one attached hydrogen (secondary N) is 1. The van der Waals surface area contributed by atoms with Crippen LogP contribution in [0.5, 0.6) is 0 Å². The van der Waals surface area contributed by atoms with E-state index in [0.717, 1.165) is 6.42 Å². The quantitative estimate of drug-likeness (QED) is 0.821. The van der Waals surface area contributed by atoms with Gasteiger partial charge in [0, 0.05) is 26.1 Å². The molecule has 4 heteroatoms. The third-order valence-electron chi connectivity index (χ3n) is 3.05. The molecule has 0 bridgehead atoms. The van der Waals surface area contributed by atoms with E-state index < -0.39 is 0 Å². The van der Waals surface area contributed by atoms with Crippen LogP contribution in [0.15, 0.2) is 43.0 Å². The Hall–Kier alpha value is -2.10. The smallest absolute Gasteiger partial charge is 0.251 e. The lowest BCUT2D eigenvalue weighted by Crippen LogP contribution is -2.38. The van der Waals surface area contributed by atoms with Gasteiger partial charge in [0.2, 0.25) is 5.91 Å². The van der Waals surface area contributed by atoms with E-state index in [-0.39, 0.29) is 19.3 Å². The Bertz CT molecular complexity index is 462. The summed E-state index contributed by atoms with van der Waals surface area (Å²) in [5.74, 6) is -0.167. The Balaban J connectivity index is 0.00000180. The maximum Gasteiger partial charge on any atom is 0.251 e. The molecule has 1 fully saturated rings. The van der Waals surface area contributed by atoms with E-state index in [0.29, 0.717) is 18.7 Å². The molecule has 0 spiro atoms. The van der Waals surface area contributed by atoms with Crippen LogP contribution in [0.3, 0.4) is 0 Å². The topological polar surface area (TPSA) is 49.4 Å². The van der Waals surface area contributed by atoms with Crippen LogP contribution in [0, 0.1) is 0 Å². The molecule has 0 saturated carbocycles. The first-order valence-corrected chi connectivity index (χ1v) is 5.98. The third-order valence-corrected chi connectivity index (χ3v) is 3.05. The van der Waals surface area contributed by atoms with Gasteiger partial charge in [-0.15, -0.1) is 0 Å². The van der Waals surface area contributed by atoms with Crippen molar-refractivity contribution in [3.05, 3.63) is 48.6 Å². The number of rotatable bonds is 3. The maximum atomic E-state index is 11.9. The fourth-order valence-electron chi connectivity index (χ4n) is 2.07. The predicted molar refractivity (Wildman–Crippen MR) is 71.2 cm³/mol. The lowest BCUT2D eigenvalue weighted by molar-refractivity contribution is -0.125. The predicted octanol–water partition coefficient (Wildman–Crippen LogP) is 1.45. The average Bonchev–Trinajstić information content (AvgIpc) is 2.87. The third kappa shape index (κ3) is 2.77. The highest BCUT2D eigenvalue weighted by Gasteiger charge is 2.26. The van der Waals surface area contributed by atoms with Crippen LogP contribution in [0.1, 0.15) is 18.2 Å². The van der Waals surface area contributed by atoms with E-state index in [2.05, 4.69) is 11.9 Å². The van der Waals surface area contributed by atoms with Crippen molar-refractivity contribution in [1.82, 2.24) is 10.2 Å². The molecule has 1 atom stereocenters. The molecule has 1 aliphatic heterocycles. The van der Waals surface area contributed by atoms with Gasteiger partial charge >= 0.3 is 0 Å². The first-order chi connectivity index (χ1) is 8.70. The zero-order chi connectivity index (χ0) is 13.0. The summed E-state index contributed by atoms with van der Waals surface area (Å²) < 4.78 is 0. The molecule has 4 nitrogen and oxygen atoms in total. The molecule has 1 aromatic rings. The highest BCUT2D eigenvalue weighted by atomic mass is 16.2. The van der Waals surface area contributed by atoms with Crippen molar-refractivity contribution in [1.29, 1.82) is 0 Å². The van der Waals surface area contributed by atoms with Gasteiger partial charge < -0.3 is 10.2 Å². The Morgan fingerprint density at radius 3 is 2.78 bits per heavy atom. The van der Waals surface area contributed by atoms with Crippen LogP contribution in [-0.4, -0.2) is 35.8 Å². The van der Waals surface area contributed by atoms with Crippen molar-refractivity contribution in [3.63, 3.8) is 0 Å². The van der Waals surface area contributed by atoms with E-state index in [9.17, 15) is 9.59 Å². The molecule has 1 saturated heterocycles. The lowest BCUT2D eigenvalue weighted by Gasteiger charge is -2.15. The summed E-state index contributed by atoms with van der Waals surface area (Å²) in [5.41, 5.74) is 0.644. The van der Waals surface area contributed by atoms with E-state index in [4.69, 9.17) is 0 Å². The highest BCUT2D eigenvalue weighted by molar-refractivity contribution is 5.94. The Kier molecular flexibility index (Phi) is 3.77. The second-order valence-corrected chi connectivity index (χ2v) is 4.31. The van der Waals surface area contributed by atoms with Crippen molar-refractivity contribution in [2.45, 2.75) is 12.5 Å². The summed E-state index contributed by atoms with van der Waals surface area (Å²) in [7, 11) is 0. The maximum absolute atomic E-state index is 11.9. The largest absolute Gasteiger partial charge is 0.347 e. The fraction of sp³-hybridized carbons (Fsp3) is 0.286. The summed E-state index contributed by atoms with van der Waals surface area (Å²) in [4.78, 5) is 25.0. The zero-order valence-electron chi connectivity index (χ0n) is 10.1. The molecule has 0 aliphatic carbocycles. The van der Waals surface area contributed by atoms with Crippen LogP contribution in [0.25, 0.3) is 0 Å². The minimum absolute atomic E-state index is 0. The number of amides is 2. The first-order valence-electron chi connectivity index (χ1n) is 5.98. The fourth-order valence-corrected chi connectivity index (χ4v) is 2.07. The molecule has 0 unspecified atom stereocenters. The number of nitrogens with zero attached hydrogens (tertiary/aromatic N) is 1. The van der Waals surface area contributed by atoms with Crippen molar-refractivity contribution in [3.8, 4) is 0 Å². The normalized spacial score (nSPS) is 18.4. The zero-order valence-corrected chi connectivity index (χ0v) is 10.1. The molecular weight excluding hydrogens is 228 g/mol. The van der Waals surface area contributed by atoms with Crippen LogP contribution < -0.4 is 5.32 Å². The second kappa shape index (κ2) is 5.49. The van der Waals surface area contributed by atoms with Gasteiger partial charge in [-0.25, -0.2) is 0 Å². The highest BCUT2D eigenvalue weighted by Crippen LogP contribution is 2.10. The molecule has 96 valence electrons. The van der Waals surface area contributed by atoms with Gasteiger partial charge in [-0.3, -0.25) is 9.59 Å². The van der Waals surface area contributed by atoms with Gasteiger partial charge in [0.15, 0.2) is 0 Å². The van der Waals surface area contributed by atoms with Crippen molar-refractivity contribution in [2.75, 3.05) is 13.1 Å². The van der Waals surface area contributed by atoms with Crippen molar-refractivity contribution >= 4 is 11.8 Å². The monoisotopic (exact) mass is 246 g/mol. The average molecular weight is 246 g/mol. The number of carbonyl (C=O) groups excluding carboxylic acids is 2. The van der Waals surface area contributed by atoms with Gasteiger partial charge in [0.25, 0.3) is 5.91 Å². The molecule has 0 radical (unpaired) electrons. The summed E-state index contributed by atoms with van der Waals surface area (Å²) in [6.07, 6.45) is 2.10. The molecule has 1 N–H and O–H groups in total.